The van der Waals surface area contributed by atoms with Gasteiger partial charge in [0.05, 0.1) is 6.42 Å². The predicted molar refractivity (Wildman–Crippen MR) is 72.2 cm³/mol. The molecule has 0 unspecified atom stereocenters. The fourth-order valence-electron chi connectivity index (χ4n) is 2.20. The zero-order valence-electron chi connectivity index (χ0n) is 10.8. The zero-order chi connectivity index (χ0) is 13.7. The number of ether oxygens (including phenoxy) is 1. The minimum Gasteiger partial charge on any atom is -0.381 e. The molecule has 1 amide bonds. The summed E-state index contributed by atoms with van der Waals surface area (Å²) in [4.78, 5) is 11.9. The summed E-state index contributed by atoms with van der Waals surface area (Å²) in [6.07, 6.45) is 3.44. The molecule has 1 N–H and O–H groups in total. The molecule has 1 aromatic rings. The number of rotatable bonds is 4. The van der Waals surface area contributed by atoms with E-state index in [2.05, 4.69) is 11.9 Å². The van der Waals surface area contributed by atoms with Gasteiger partial charge in [-0.3, -0.25) is 4.79 Å². The summed E-state index contributed by atoms with van der Waals surface area (Å²) in [5, 5.41) is 2.96. The van der Waals surface area contributed by atoms with Crippen LogP contribution in [0.3, 0.4) is 0 Å². The smallest absolute Gasteiger partial charge is 0.224 e. The first kappa shape index (κ1) is 13.7. The van der Waals surface area contributed by atoms with Gasteiger partial charge in [-0.2, -0.15) is 0 Å². The zero-order valence-corrected chi connectivity index (χ0v) is 10.8. The summed E-state index contributed by atoms with van der Waals surface area (Å²) in [5.74, 6) is -0.418. The Morgan fingerprint density at radius 3 is 2.84 bits per heavy atom. The largest absolute Gasteiger partial charge is 0.381 e. The highest BCUT2D eigenvalue weighted by molar-refractivity contribution is 5.79. The first-order chi connectivity index (χ1) is 9.17. The van der Waals surface area contributed by atoms with E-state index in [0.717, 1.165) is 12.8 Å². The highest BCUT2D eigenvalue weighted by atomic mass is 19.1. The maximum absolute atomic E-state index is 13.3. The average Bonchev–Trinajstić information content (AvgIpc) is 2.38. The molecule has 1 aromatic carbocycles. The minimum absolute atomic E-state index is 0.0764. The summed E-state index contributed by atoms with van der Waals surface area (Å²) in [6.45, 7) is 4.98. The van der Waals surface area contributed by atoms with Crippen molar-refractivity contribution in [3.63, 3.8) is 0 Å². The van der Waals surface area contributed by atoms with Crippen LogP contribution in [0.15, 0.2) is 24.8 Å². The molecule has 0 bridgehead atoms. The third-order valence-electron chi connectivity index (χ3n) is 3.17. The van der Waals surface area contributed by atoms with E-state index in [1.54, 1.807) is 12.1 Å². The molecule has 1 heterocycles. The molecule has 1 aliphatic rings. The highest BCUT2D eigenvalue weighted by Gasteiger charge is 2.16. The van der Waals surface area contributed by atoms with Gasteiger partial charge in [-0.25, -0.2) is 4.39 Å². The van der Waals surface area contributed by atoms with E-state index in [0.29, 0.717) is 24.3 Å². The van der Waals surface area contributed by atoms with E-state index >= 15 is 0 Å². The molecule has 0 spiro atoms. The quantitative estimate of drug-likeness (QED) is 0.905. The van der Waals surface area contributed by atoms with Gasteiger partial charge in [0.25, 0.3) is 0 Å². The molecule has 4 heteroatoms. The number of carbonyl (C=O) groups is 1. The van der Waals surface area contributed by atoms with Crippen molar-refractivity contribution in [1.29, 1.82) is 0 Å². The van der Waals surface area contributed by atoms with Crippen LogP contribution in [0.1, 0.15) is 24.0 Å². The summed E-state index contributed by atoms with van der Waals surface area (Å²) in [5.41, 5.74) is 1.35. The van der Waals surface area contributed by atoms with Gasteiger partial charge in [0.2, 0.25) is 5.91 Å². The Morgan fingerprint density at radius 1 is 1.42 bits per heavy atom. The topological polar surface area (TPSA) is 38.3 Å². The van der Waals surface area contributed by atoms with Crippen molar-refractivity contribution in [2.24, 2.45) is 0 Å². The maximum Gasteiger partial charge on any atom is 0.224 e. The van der Waals surface area contributed by atoms with Crippen LogP contribution in [-0.4, -0.2) is 25.2 Å². The Kier molecular flexibility index (Phi) is 4.68. The summed E-state index contributed by atoms with van der Waals surface area (Å²) in [6, 6.07) is 4.73. The molecule has 19 heavy (non-hydrogen) atoms. The van der Waals surface area contributed by atoms with E-state index in [9.17, 15) is 9.18 Å². The van der Waals surface area contributed by atoms with E-state index in [1.165, 1.54) is 12.1 Å². The molecule has 102 valence electrons. The molecule has 0 aromatic heterocycles. The van der Waals surface area contributed by atoms with Gasteiger partial charge in [-0.15, -0.1) is 0 Å². The fourth-order valence-corrected chi connectivity index (χ4v) is 2.20. The van der Waals surface area contributed by atoms with Crippen molar-refractivity contribution in [1.82, 2.24) is 5.32 Å². The van der Waals surface area contributed by atoms with E-state index in [-0.39, 0.29) is 24.2 Å². The lowest BCUT2D eigenvalue weighted by Gasteiger charge is -2.23. The lowest BCUT2D eigenvalue weighted by Crippen LogP contribution is -2.39. The minimum atomic E-state index is -0.341. The van der Waals surface area contributed by atoms with Crippen LogP contribution < -0.4 is 5.32 Å². The van der Waals surface area contributed by atoms with Crippen LogP contribution in [0, 0.1) is 5.82 Å². The second-order valence-corrected chi connectivity index (χ2v) is 4.73. The van der Waals surface area contributed by atoms with Gasteiger partial charge in [0, 0.05) is 19.3 Å². The van der Waals surface area contributed by atoms with Gasteiger partial charge in [0.15, 0.2) is 0 Å². The number of nitrogens with one attached hydrogen (secondary N) is 1. The van der Waals surface area contributed by atoms with Crippen LogP contribution >= 0.6 is 0 Å². The van der Waals surface area contributed by atoms with Gasteiger partial charge in [-0.1, -0.05) is 18.7 Å². The SMILES string of the molecule is C=Cc1cc(F)cc(CC(=O)NC2CCOCC2)c1. The Morgan fingerprint density at radius 2 is 2.16 bits per heavy atom. The fraction of sp³-hybridized carbons (Fsp3) is 0.400. The summed E-state index contributed by atoms with van der Waals surface area (Å²) < 4.78 is 18.6. The van der Waals surface area contributed by atoms with E-state index in [4.69, 9.17) is 4.74 Å². The van der Waals surface area contributed by atoms with Crippen LogP contribution in [0.25, 0.3) is 6.08 Å². The van der Waals surface area contributed by atoms with Gasteiger partial charge in [0.1, 0.15) is 5.82 Å². The van der Waals surface area contributed by atoms with Crippen molar-refractivity contribution >= 4 is 12.0 Å². The Balaban J connectivity index is 1.94. The summed E-state index contributed by atoms with van der Waals surface area (Å²) in [7, 11) is 0. The number of hydrogen-bond acceptors (Lipinski definition) is 2. The molecule has 1 saturated heterocycles. The number of carbonyl (C=O) groups excluding carboxylic acids is 1. The monoisotopic (exact) mass is 263 g/mol. The molecule has 0 aliphatic carbocycles. The first-order valence-electron chi connectivity index (χ1n) is 6.46. The van der Waals surface area contributed by atoms with E-state index in [1.807, 2.05) is 0 Å². The number of amides is 1. The lowest BCUT2D eigenvalue weighted by molar-refractivity contribution is -0.121. The standard InChI is InChI=1S/C15H18FNO2/c1-2-11-7-12(9-13(16)8-11)10-15(18)17-14-3-5-19-6-4-14/h2,7-9,14H,1,3-6,10H2,(H,17,18). The second-order valence-electron chi connectivity index (χ2n) is 4.73. The second kappa shape index (κ2) is 6.48. The molecule has 2 rings (SSSR count). The van der Waals surface area contributed by atoms with Crippen molar-refractivity contribution in [3.8, 4) is 0 Å². The molecule has 3 nitrogen and oxygen atoms in total. The highest BCUT2D eigenvalue weighted by Crippen LogP contribution is 2.12. The Hall–Kier alpha value is -1.68. The first-order valence-corrected chi connectivity index (χ1v) is 6.46. The maximum atomic E-state index is 13.3. The molecule has 1 aliphatic heterocycles. The van der Waals surface area contributed by atoms with Crippen LogP contribution in [-0.2, 0) is 16.0 Å². The van der Waals surface area contributed by atoms with Gasteiger partial charge < -0.3 is 10.1 Å². The Bertz CT molecular complexity index is 467. The van der Waals surface area contributed by atoms with Gasteiger partial charge in [-0.05, 0) is 36.1 Å². The molecule has 0 saturated carbocycles. The average molecular weight is 263 g/mol. The lowest BCUT2D eigenvalue weighted by atomic mass is 10.1. The number of hydrogen-bond donors (Lipinski definition) is 1. The van der Waals surface area contributed by atoms with Crippen molar-refractivity contribution < 1.29 is 13.9 Å². The van der Waals surface area contributed by atoms with Crippen LogP contribution in [0.4, 0.5) is 4.39 Å². The molecule has 1 fully saturated rings. The van der Waals surface area contributed by atoms with Gasteiger partial charge >= 0.3 is 0 Å². The summed E-state index contributed by atoms with van der Waals surface area (Å²) >= 11 is 0. The van der Waals surface area contributed by atoms with Crippen LogP contribution in [0.5, 0.6) is 0 Å². The molecule has 0 atom stereocenters. The number of halogens is 1. The van der Waals surface area contributed by atoms with Crippen molar-refractivity contribution in [3.05, 3.63) is 41.7 Å². The molecular formula is C15H18FNO2. The third kappa shape index (κ3) is 4.17. The molecular weight excluding hydrogens is 245 g/mol. The third-order valence-corrected chi connectivity index (χ3v) is 3.17. The van der Waals surface area contributed by atoms with Crippen LogP contribution in [0.2, 0.25) is 0 Å². The normalized spacial score (nSPS) is 16.1. The molecule has 0 radical (unpaired) electrons. The van der Waals surface area contributed by atoms with E-state index < -0.39 is 0 Å². The van der Waals surface area contributed by atoms with Crippen molar-refractivity contribution in [2.45, 2.75) is 25.3 Å². The van der Waals surface area contributed by atoms with Crippen molar-refractivity contribution in [2.75, 3.05) is 13.2 Å². The number of benzene rings is 1. The predicted octanol–water partition coefficient (Wildman–Crippen LogP) is 2.31. The Labute approximate surface area is 112 Å².